The molecule has 0 aromatic rings. The van der Waals surface area contributed by atoms with E-state index in [-0.39, 0.29) is 17.9 Å². The third-order valence-electron chi connectivity index (χ3n) is 4.26. The van der Waals surface area contributed by atoms with E-state index >= 15 is 0 Å². The van der Waals surface area contributed by atoms with Crippen LogP contribution in [0.1, 0.15) is 59.3 Å². The van der Waals surface area contributed by atoms with Crippen molar-refractivity contribution in [2.45, 2.75) is 65.3 Å². The van der Waals surface area contributed by atoms with E-state index in [1.165, 1.54) is 12.8 Å². The number of aliphatic carboxylic acids is 1. The van der Waals surface area contributed by atoms with Gasteiger partial charge in [0.15, 0.2) is 0 Å². The van der Waals surface area contributed by atoms with Crippen LogP contribution in [-0.4, -0.2) is 17.1 Å². The number of carboxylic acids is 1. The highest BCUT2D eigenvalue weighted by Crippen LogP contribution is 2.45. The summed E-state index contributed by atoms with van der Waals surface area (Å²) in [6.45, 7) is 6.44. The zero-order valence-corrected chi connectivity index (χ0v) is 11.4. The summed E-state index contributed by atoms with van der Waals surface area (Å²) in [4.78, 5) is 11.1. The number of rotatable bonds is 5. The molecule has 0 spiro atoms. The van der Waals surface area contributed by atoms with Gasteiger partial charge in [-0.1, -0.05) is 26.7 Å². The highest BCUT2D eigenvalue weighted by molar-refractivity contribution is 5.67. The lowest BCUT2D eigenvalue weighted by Crippen LogP contribution is -2.44. The SMILES string of the molecule is CC(C)CC1CCCC(CC(=O)O)(C(C)N)C1. The standard InChI is InChI=1S/C14H27NO2/c1-10(2)7-12-5-4-6-14(8-12,11(3)15)9-13(16)17/h10-12H,4-9,15H2,1-3H3,(H,16,17). The molecule has 3 atom stereocenters. The first kappa shape index (κ1) is 14.5. The zero-order valence-electron chi connectivity index (χ0n) is 11.4. The number of hydrogen-bond donors (Lipinski definition) is 2. The van der Waals surface area contributed by atoms with Crippen molar-refractivity contribution in [3.05, 3.63) is 0 Å². The van der Waals surface area contributed by atoms with E-state index in [4.69, 9.17) is 10.8 Å². The van der Waals surface area contributed by atoms with E-state index < -0.39 is 5.97 Å². The average Bonchev–Trinajstić information content (AvgIpc) is 2.15. The molecule has 0 aliphatic heterocycles. The van der Waals surface area contributed by atoms with Gasteiger partial charge in [0.25, 0.3) is 0 Å². The molecule has 0 aromatic heterocycles. The summed E-state index contributed by atoms with van der Waals surface area (Å²) in [7, 11) is 0. The third-order valence-corrected chi connectivity index (χ3v) is 4.26. The summed E-state index contributed by atoms with van der Waals surface area (Å²) in [5.74, 6) is 0.648. The molecule has 0 amide bonds. The van der Waals surface area contributed by atoms with Crippen LogP contribution >= 0.6 is 0 Å². The normalized spacial score (nSPS) is 31.5. The van der Waals surface area contributed by atoms with Crippen molar-refractivity contribution in [1.82, 2.24) is 0 Å². The Kier molecular flexibility index (Phi) is 4.99. The van der Waals surface area contributed by atoms with Crippen LogP contribution < -0.4 is 5.73 Å². The molecule has 1 rings (SSSR count). The van der Waals surface area contributed by atoms with Crippen LogP contribution in [0.25, 0.3) is 0 Å². The topological polar surface area (TPSA) is 63.3 Å². The Labute approximate surface area is 105 Å². The minimum Gasteiger partial charge on any atom is -0.481 e. The van der Waals surface area contributed by atoms with E-state index in [0.29, 0.717) is 11.8 Å². The maximum atomic E-state index is 11.1. The minimum absolute atomic E-state index is 0.0198. The van der Waals surface area contributed by atoms with Crippen LogP contribution in [0.4, 0.5) is 0 Å². The molecule has 3 nitrogen and oxygen atoms in total. The first-order chi connectivity index (χ1) is 7.85. The maximum absolute atomic E-state index is 11.1. The third kappa shape index (κ3) is 3.98. The second kappa shape index (κ2) is 5.85. The van der Waals surface area contributed by atoms with Gasteiger partial charge < -0.3 is 10.8 Å². The van der Waals surface area contributed by atoms with Gasteiger partial charge in [-0.15, -0.1) is 0 Å². The van der Waals surface area contributed by atoms with Crippen molar-refractivity contribution in [1.29, 1.82) is 0 Å². The van der Waals surface area contributed by atoms with Crippen LogP contribution in [0, 0.1) is 17.3 Å². The second-order valence-corrected chi connectivity index (χ2v) is 6.31. The molecule has 0 aromatic carbocycles. The van der Waals surface area contributed by atoms with Crippen molar-refractivity contribution in [3.8, 4) is 0 Å². The monoisotopic (exact) mass is 241 g/mol. The van der Waals surface area contributed by atoms with Crippen molar-refractivity contribution >= 4 is 5.97 Å². The lowest BCUT2D eigenvalue weighted by molar-refractivity contribution is -0.141. The molecule has 17 heavy (non-hydrogen) atoms. The van der Waals surface area contributed by atoms with E-state index in [0.717, 1.165) is 19.3 Å². The molecular weight excluding hydrogens is 214 g/mol. The molecule has 1 saturated carbocycles. The first-order valence-electron chi connectivity index (χ1n) is 6.83. The van der Waals surface area contributed by atoms with E-state index in [1.54, 1.807) is 0 Å². The predicted octanol–water partition coefficient (Wildman–Crippen LogP) is 3.03. The van der Waals surface area contributed by atoms with Crippen LogP contribution in [0.15, 0.2) is 0 Å². The molecule has 1 aliphatic rings. The first-order valence-corrected chi connectivity index (χ1v) is 6.83. The van der Waals surface area contributed by atoms with Gasteiger partial charge in [0.1, 0.15) is 0 Å². The van der Waals surface area contributed by atoms with Gasteiger partial charge in [-0.05, 0) is 43.4 Å². The van der Waals surface area contributed by atoms with Crippen molar-refractivity contribution in [2.75, 3.05) is 0 Å². The lowest BCUT2D eigenvalue weighted by Gasteiger charge is -2.43. The van der Waals surface area contributed by atoms with Crippen LogP contribution in [-0.2, 0) is 4.79 Å². The Morgan fingerprint density at radius 3 is 2.59 bits per heavy atom. The Morgan fingerprint density at radius 2 is 2.12 bits per heavy atom. The summed E-state index contributed by atoms with van der Waals surface area (Å²) in [5.41, 5.74) is 5.92. The molecule has 3 unspecified atom stereocenters. The molecule has 3 N–H and O–H groups in total. The number of carbonyl (C=O) groups is 1. The van der Waals surface area contributed by atoms with Crippen LogP contribution in [0.2, 0.25) is 0 Å². The van der Waals surface area contributed by atoms with E-state index in [2.05, 4.69) is 13.8 Å². The van der Waals surface area contributed by atoms with Gasteiger partial charge in [-0.2, -0.15) is 0 Å². The summed E-state index contributed by atoms with van der Waals surface area (Å²) in [6, 6.07) is -0.0198. The Morgan fingerprint density at radius 1 is 1.47 bits per heavy atom. The molecule has 1 fully saturated rings. The van der Waals surface area contributed by atoms with E-state index in [1.807, 2.05) is 6.92 Å². The van der Waals surface area contributed by atoms with Gasteiger partial charge in [0.2, 0.25) is 0 Å². The minimum atomic E-state index is -0.701. The molecule has 1 aliphatic carbocycles. The van der Waals surface area contributed by atoms with Crippen molar-refractivity contribution in [3.63, 3.8) is 0 Å². The van der Waals surface area contributed by atoms with Gasteiger partial charge in [0.05, 0.1) is 6.42 Å². The van der Waals surface area contributed by atoms with Crippen LogP contribution in [0.3, 0.4) is 0 Å². The second-order valence-electron chi connectivity index (χ2n) is 6.31. The fourth-order valence-corrected chi connectivity index (χ4v) is 3.43. The highest BCUT2D eigenvalue weighted by atomic mass is 16.4. The van der Waals surface area contributed by atoms with Gasteiger partial charge >= 0.3 is 5.97 Å². The number of nitrogens with two attached hydrogens (primary N) is 1. The molecule has 100 valence electrons. The van der Waals surface area contributed by atoms with Gasteiger partial charge in [0, 0.05) is 6.04 Å². The summed E-state index contributed by atoms with van der Waals surface area (Å²) < 4.78 is 0. The summed E-state index contributed by atoms with van der Waals surface area (Å²) in [6.07, 6.45) is 5.78. The lowest BCUT2D eigenvalue weighted by atomic mass is 9.63. The number of hydrogen-bond acceptors (Lipinski definition) is 2. The number of carboxylic acid groups (broad SMARTS) is 1. The molecule has 0 bridgehead atoms. The van der Waals surface area contributed by atoms with Crippen LogP contribution in [0.5, 0.6) is 0 Å². The van der Waals surface area contributed by atoms with E-state index in [9.17, 15) is 4.79 Å². The van der Waals surface area contributed by atoms with Gasteiger partial charge in [-0.25, -0.2) is 0 Å². The Bertz CT molecular complexity index is 263. The molecular formula is C14H27NO2. The van der Waals surface area contributed by atoms with Crippen molar-refractivity contribution in [2.24, 2.45) is 23.0 Å². The largest absolute Gasteiger partial charge is 0.481 e. The molecule has 0 heterocycles. The summed E-state index contributed by atoms with van der Waals surface area (Å²) in [5, 5.41) is 9.09. The quantitative estimate of drug-likeness (QED) is 0.777. The molecule has 3 heteroatoms. The summed E-state index contributed by atoms with van der Waals surface area (Å²) >= 11 is 0. The van der Waals surface area contributed by atoms with Gasteiger partial charge in [-0.3, -0.25) is 4.79 Å². The Hall–Kier alpha value is -0.570. The highest BCUT2D eigenvalue weighted by Gasteiger charge is 2.41. The smallest absolute Gasteiger partial charge is 0.303 e. The van der Waals surface area contributed by atoms with Crippen molar-refractivity contribution < 1.29 is 9.90 Å². The Balaban J connectivity index is 2.72. The zero-order chi connectivity index (χ0) is 13.1. The fraction of sp³-hybridized carbons (Fsp3) is 0.929. The fourth-order valence-electron chi connectivity index (χ4n) is 3.43. The maximum Gasteiger partial charge on any atom is 0.303 e. The predicted molar refractivity (Wildman–Crippen MR) is 69.7 cm³/mol. The molecule has 0 saturated heterocycles. The molecule has 0 radical (unpaired) electrons. The average molecular weight is 241 g/mol.